The standard InChI is InChI=1S/C18H22N2O3/c1-13-8-14(2)10-16(9-13)20-6-5-19(17(21)18(20)22)11-15-4-3-7-23-12-15/h5-6,8-10,15H,3-4,7,11-12H2,1-2H3. The van der Waals surface area contributed by atoms with Gasteiger partial charge < -0.3 is 9.30 Å². The molecule has 5 nitrogen and oxygen atoms in total. The SMILES string of the molecule is Cc1cc(C)cc(-n2ccn(CC3CCCOC3)c(=O)c2=O)c1. The lowest BCUT2D eigenvalue weighted by Crippen LogP contribution is -2.41. The summed E-state index contributed by atoms with van der Waals surface area (Å²) in [6.07, 6.45) is 5.43. The Kier molecular flexibility index (Phi) is 4.48. The van der Waals surface area contributed by atoms with E-state index >= 15 is 0 Å². The molecule has 2 heterocycles. The topological polar surface area (TPSA) is 53.2 Å². The Balaban J connectivity index is 1.94. The minimum Gasteiger partial charge on any atom is -0.381 e. The van der Waals surface area contributed by atoms with E-state index in [-0.39, 0.29) is 0 Å². The summed E-state index contributed by atoms with van der Waals surface area (Å²) in [5.74, 6) is 0.304. The third-order valence-electron chi connectivity index (χ3n) is 4.25. The first-order valence-corrected chi connectivity index (χ1v) is 8.03. The van der Waals surface area contributed by atoms with Crippen molar-refractivity contribution in [3.63, 3.8) is 0 Å². The van der Waals surface area contributed by atoms with Gasteiger partial charge >= 0.3 is 11.1 Å². The van der Waals surface area contributed by atoms with Crippen LogP contribution in [0.4, 0.5) is 0 Å². The third kappa shape index (κ3) is 3.45. The van der Waals surface area contributed by atoms with Gasteiger partial charge in [0.1, 0.15) is 0 Å². The van der Waals surface area contributed by atoms with E-state index in [2.05, 4.69) is 0 Å². The molecule has 0 aliphatic carbocycles. The Morgan fingerprint density at radius 2 is 1.83 bits per heavy atom. The van der Waals surface area contributed by atoms with Gasteiger partial charge in [0.15, 0.2) is 0 Å². The Morgan fingerprint density at radius 1 is 1.09 bits per heavy atom. The van der Waals surface area contributed by atoms with E-state index in [0.29, 0.717) is 19.1 Å². The van der Waals surface area contributed by atoms with E-state index in [4.69, 9.17) is 4.74 Å². The highest BCUT2D eigenvalue weighted by Crippen LogP contribution is 2.15. The molecule has 0 N–H and O–H groups in total. The maximum absolute atomic E-state index is 12.5. The van der Waals surface area contributed by atoms with E-state index < -0.39 is 11.1 Å². The maximum Gasteiger partial charge on any atom is 0.320 e. The van der Waals surface area contributed by atoms with Crippen LogP contribution in [-0.2, 0) is 11.3 Å². The van der Waals surface area contributed by atoms with E-state index in [1.165, 1.54) is 9.13 Å². The van der Waals surface area contributed by atoms with Gasteiger partial charge in [0.05, 0.1) is 6.61 Å². The van der Waals surface area contributed by atoms with Crippen LogP contribution in [0.5, 0.6) is 0 Å². The zero-order chi connectivity index (χ0) is 16.4. The van der Waals surface area contributed by atoms with Crippen molar-refractivity contribution in [3.8, 4) is 5.69 Å². The highest BCUT2D eigenvalue weighted by atomic mass is 16.5. The second-order valence-electron chi connectivity index (χ2n) is 6.36. The van der Waals surface area contributed by atoms with Gasteiger partial charge in [-0.15, -0.1) is 0 Å². The van der Waals surface area contributed by atoms with E-state index in [0.717, 1.165) is 36.3 Å². The molecule has 1 aliphatic rings. The van der Waals surface area contributed by atoms with Crippen molar-refractivity contribution in [2.45, 2.75) is 33.2 Å². The average molecular weight is 314 g/mol. The normalized spacial score (nSPS) is 18.1. The number of hydrogen-bond acceptors (Lipinski definition) is 3. The number of ether oxygens (including phenoxy) is 1. The van der Waals surface area contributed by atoms with Crippen LogP contribution in [0.2, 0.25) is 0 Å². The molecule has 0 radical (unpaired) electrons. The van der Waals surface area contributed by atoms with Crippen molar-refractivity contribution >= 4 is 0 Å². The summed E-state index contributed by atoms with van der Waals surface area (Å²) < 4.78 is 8.39. The van der Waals surface area contributed by atoms with Crippen molar-refractivity contribution < 1.29 is 4.74 Å². The first-order valence-electron chi connectivity index (χ1n) is 8.03. The number of rotatable bonds is 3. The predicted molar refractivity (Wildman–Crippen MR) is 89.3 cm³/mol. The first-order chi connectivity index (χ1) is 11.0. The summed E-state index contributed by atoms with van der Waals surface area (Å²) in [6, 6.07) is 5.86. The summed E-state index contributed by atoms with van der Waals surface area (Å²) >= 11 is 0. The van der Waals surface area contributed by atoms with Crippen molar-refractivity contribution in [1.82, 2.24) is 9.13 Å². The summed E-state index contributed by atoms with van der Waals surface area (Å²) in [6.45, 7) is 5.95. The molecule has 2 aromatic rings. The van der Waals surface area contributed by atoms with Crippen molar-refractivity contribution in [2.75, 3.05) is 13.2 Å². The van der Waals surface area contributed by atoms with Gasteiger partial charge in [-0.05, 0) is 49.9 Å². The highest BCUT2D eigenvalue weighted by molar-refractivity contribution is 5.39. The van der Waals surface area contributed by atoms with Crippen LogP contribution in [0.15, 0.2) is 40.2 Å². The van der Waals surface area contributed by atoms with Gasteiger partial charge in [-0.25, -0.2) is 0 Å². The van der Waals surface area contributed by atoms with E-state index in [1.807, 2.05) is 32.0 Å². The molecule has 5 heteroatoms. The van der Waals surface area contributed by atoms with Crippen LogP contribution >= 0.6 is 0 Å². The monoisotopic (exact) mass is 314 g/mol. The van der Waals surface area contributed by atoms with Crippen molar-refractivity contribution in [2.24, 2.45) is 5.92 Å². The van der Waals surface area contributed by atoms with Crippen LogP contribution in [0, 0.1) is 19.8 Å². The van der Waals surface area contributed by atoms with Crippen LogP contribution < -0.4 is 11.1 Å². The van der Waals surface area contributed by atoms with Gasteiger partial charge in [0.25, 0.3) is 0 Å². The van der Waals surface area contributed by atoms with Gasteiger partial charge in [-0.2, -0.15) is 0 Å². The largest absolute Gasteiger partial charge is 0.381 e. The molecule has 1 aromatic heterocycles. The maximum atomic E-state index is 12.5. The zero-order valence-electron chi connectivity index (χ0n) is 13.6. The third-order valence-corrected chi connectivity index (χ3v) is 4.25. The molecule has 122 valence electrons. The summed E-state index contributed by atoms with van der Waals surface area (Å²) in [7, 11) is 0. The molecular formula is C18H22N2O3. The smallest absolute Gasteiger partial charge is 0.320 e. The van der Waals surface area contributed by atoms with Crippen LogP contribution in [0.3, 0.4) is 0 Å². The van der Waals surface area contributed by atoms with Crippen LogP contribution in [0.1, 0.15) is 24.0 Å². The number of aromatic nitrogens is 2. The Hall–Kier alpha value is -2.14. The summed E-state index contributed by atoms with van der Waals surface area (Å²) in [5.41, 5.74) is 1.88. The number of benzene rings is 1. The highest BCUT2D eigenvalue weighted by Gasteiger charge is 2.16. The lowest BCUT2D eigenvalue weighted by molar-refractivity contribution is 0.0479. The van der Waals surface area contributed by atoms with Gasteiger partial charge in [0, 0.05) is 37.2 Å². The Morgan fingerprint density at radius 3 is 2.48 bits per heavy atom. The molecule has 1 saturated heterocycles. The van der Waals surface area contributed by atoms with Gasteiger partial charge in [-0.1, -0.05) is 6.07 Å². The Labute approximate surface area is 135 Å². The molecule has 1 aliphatic heterocycles. The molecule has 3 rings (SSSR count). The van der Waals surface area contributed by atoms with Crippen LogP contribution in [0.25, 0.3) is 5.69 Å². The molecule has 0 spiro atoms. The molecule has 0 saturated carbocycles. The molecular weight excluding hydrogens is 292 g/mol. The molecule has 0 amide bonds. The fraction of sp³-hybridized carbons (Fsp3) is 0.444. The van der Waals surface area contributed by atoms with Crippen molar-refractivity contribution in [1.29, 1.82) is 0 Å². The molecule has 1 unspecified atom stereocenters. The minimum absolute atomic E-state index is 0.304. The second-order valence-corrected chi connectivity index (χ2v) is 6.36. The van der Waals surface area contributed by atoms with E-state index in [1.54, 1.807) is 12.4 Å². The quantitative estimate of drug-likeness (QED) is 0.815. The fourth-order valence-corrected chi connectivity index (χ4v) is 3.17. The number of nitrogens with zero attached hydrogens (tertiary/aromatic N) is 2. The number of aryl methyl sites for hydroxylation is 2. The lowest BCUT2D eigenvalue weighted by Gasteiger charge is -2.22. The number of hydrogen-bond donors (Lipinski definition) is 0. The molecule has 1 aromatic carbocycles. The van der Waals surface area contributed by atoms with Gasteiger partial charge in [-0.3, -0.25) is 14.2 Å². The average Bonchev–Trinajstić information content (AvgIpc) is 2.52. The van der Waals surface area contributed by atoms with Crippen LogP contribution in [-0.4, -0.2) is 22.3 Å². The predicted octanol–water partition coefficient (Wildman–Crippen LogP) is 2.04. The minimum atomic E-state index is -0.505. The van der Waals surface area contributed by atoms with E-state index in [9.17, 15) is 9.59 Å². The fourth-order valence-electron chi connectivity index (χ4n) is 3.17. The summed E-state index contributed by atoms with van der Waals surface area (Å²) in [5, 5.41) is 0. The van der Waals surface area contributed by atoms with Gasteiger partial charge in [0.2, 0.25) is 0 Å². The lowest BCUT2D eigenvalue weighted by atomic mass is 10.0. The second kappa shape index (κ2) is 6.54. The summed E-state index contributed by atoms with van der Waals surface area (Å²) in [4.78, 5) is 24.8. The molecule has 0 bridgehead atoms. The molecule has 23 heavy (non-hydrogen) atoms. The zero-order valence-corrected chi connectivity index (χ0v) is 13.6. The molecule has 1 fully saturated rings. The van der Waals surface area contributed by atoms with Crippen molar-refractivity contribution in [3.05, 3.63) is 62.4 Å². The Bertz CT molecular complexity index is 793. The molecule has 1 atom stereocenters. The first kappa shape index (κ1) is 15.7.